The van der Waals surface area contributed by atoms with Crippen LogP contribution in [0.4, 0.5) is 0 Å². The van der Waals surface area contributed by atoms with Gasteiger partial charge in [0.25, 0.3) is 0 Å². The Bertz CT molecular complexity index is 391. The number of nitrogens with one attached hydrogen (secondary N) is 1. The molecule has 5 nitrogen and oxygen atoms in total. The van der Waals surface area contributed by atoms with Crippen LogP contribution in [0.25, 0.3) is 0 Å². The first-order chi connectivity index (χ1) is 9.27. The van der Waals surface area contributed by atoms with Crippen molar-refractivity contribution >= 4 is 15.9 Å². The number of ether oxygens (including phenoxy) is 2. The van der Waals surface area contributed by atoms with Crippen molar-refractivity contribution in [1.82, 2.24) is 15.1 Å². The summed E-state index contributed by atoms with van der Waals surface area (Å²) in [4.78, 5) is 0. The molecule has 108 valence electrons. The highest BCUT2D eigenvalue weighted by Crippen LogP contribution is 2.30. The Labute approximate surface area is 122 Å². The van der Waals surface area contributed by atoms with E-state index in [2.05, 4.69) is 26.3 Å². The van der Waals surface area contributed by atoms with Gasteiger partial charge < -0.3 is 14.8 Å². The Morgan fingerprint density at radius 3 is 3.11 bits per heavy atom. The normalized spacial score (nSPS) is 21.5. The van der Waals surface area contributed by atoms with Gasteiger partial charge >= 0.3 is 0 Å². The van der Waals surface area contributed by atoms with Crippen LogP contribution in [0.2, 0.25) is 0 Å². The number of rotatable bonds is 6. The number of hydrogen-bond donors (Lipinski definition) is 1. The Morgan fingerprint density at radius 1 is 1.63 bits per heavy atom. The summed E-state index contributed by atoms with van der Waals surface area (Å²) < 4.78 is 14.1. The molecule has 1 N–H and O–H groups in total. The van der Waals surface area contributed by atoms with Crippen LogP contribution in [0.15, 0.2) is 10.7 Å². The van der Waals surface area contributed by atoms with E-state index in [9.17, 15) is 0 Å². The molecule has 2 atom stereocenters. The van der Waals surface area contributed by atoms with Gasteiger partial charge in [0.2, 0.25) is 0 Å². The summed E-state index contributed by atoms with van der Waals surface area (Å²) in [6, 6.07) is 0.161. The standard InChI is InChI=1S/C13H22BrN3O2/c1-15-12(11-5-3-4-7-19-11)13-10(14)9-16-17(13)6-8-18-2/h9,11-12,15H,3-8H2,1-2H3. The molecule has 0 aliphatic carbocycles. The number of aromatic nitrogens is 2. The molecule has 0 spiro atoms. The van der Waals surface area contributed by atoms with Crippen molar-refractivity contribution in [2.24, 2.45) is 0 Å². The van der Waals surface area contributed by atoms with Crippen LogP contribution >= 0.6 is 15.9 Å². The first-order valence-corrected chi connectivity index (χ1v) is 7.56. The van der Waals surface area contributed by atoms with E-state index in [0.29, 0.717) is 6.61 Å². The first-order valence-electron chi connectivity index (χ1n) is 6.77. The number of hydrogen-bond acceptors (Lipinski definition) is 4. The Hall–Kier alpha value is -0.430. The lowest BCUT2D eigenvalue weighted by molar-refractivity contribution is -0.00877. The topological polar surface area (TPSA) is 48.3 Å². The van der Waals surface area contributed by atoms with Gasteiger partial charge in [0.15, 0.2) is 0 Å². The molecule has 0 saturated carbocycles. The molecule has 1 saturated heterocycles. The van der Waals surface area contributed by atoms with Gasteiger partial charge in [0, 0.05) is 13.7 Å². The maximum atomic E-state index is 5.91. The summed E-state index contributed by atoms with van der Waals surface area (Å²) in [5.74, 6) is 0. The summed E-state index contributed by atoms with van der Waals surface area (Å²) >= 11 is 3.60. The minimum absolute atomic E-state index is 0.161. The minimum atomic E-state index is 0.161. The van der Waals surface area contributed by atoms with Crippen molar-refractivity contribution in [3.8, 4) is 0 Å². The SMILES string of the molecule is CNC(c1c(Br)cnn1CCOC)C1CCCCO1. The van der Waals surface area contributed by atoms with Crippen molar-refractivity contribution in [1.29, 1.82) is 0 Å². The van der Waals surface area contributed by atoms with E-state index < -0.39 is 0 Å². The lowest BCUT2D eigenvalue weighted by atomic mass is 9.99. The van der Waals surface area contributed by atoms with Gasteiger partial charge in [-0.15, -0.1) is 0 Å². The average Bonchev–Trinajstić information content (AvgIpc) is 2.80. The molecule has 6 heteroatoms. The third-order valence-electron chi connectivity index (χ3n) is 3.53. The summed E-state index contributed by atoms with van der Waals surface area (Å²) in [7, 11) is 3.68. The van der Waals surface area contributed by atoms with Crippen molar-refractivity contribution in [2.75, 3.05) is 27.4 Å². The van der Waals surface area contributed by atoms with Gasteiger partial charge in [-0.1, -0.05) is 0 Å². The van der Waals surface area contributed by atoms with Crippen LogP contribution in [0.5, 0.6) is 0 Å². The zero-order valence-corrected chi connectivity index (χ0v) is 13.1. The predicted octanol–water partition coefficient (Wildman–Crippen LogP) is 2.12. The number of likely N-dealkylation sites (N-methyl/N-ethyl adjacent to an activating group) is 1. The summed E-state index contributed by atoms with van der Waals surface area (Å²) in [5.41, 5.74) is 1.14. The third-order valence-corrected chi connectivity index (χ3v) is 4.14. The maximum absolute atomic E-state index is 5.91. The zero-order valence-electron chi connectivity index (χ0n) is 11.6. The van der Waals surface area contributed by atoms with Gasteiger partial charge in [-0.2, -0.15) is 5.10 Å². The van der Waals surface area contributed by atoms with E-state index in [-0.39, 0.29) is 12.1 Å². The Balaban J connectivity index is 2.18. The highest BCUT2D eigenvalue weighted by Gasteiger charge is 2.29. The van der Waals surface area contributed by atoms with Crippen LogP contribution in [0, 0.1) is 0 Å². The van der Waals surface area contributed by atoms with Gasteiger partial charge in [-0.3, -0.25) is 4.68 Å². The van der Waals surface area contributed by atoms with E-state index in [0.717, 1.165) is 36.2 Å². The van der Waals surface area contributed by atoms with E-state index in [1.807, 2.05) is 17.9 Å². The molecule has 1 aliphatic rings. The molecule has 1 fully saturated rings. The highest BCUT2D eigenvalue weighted by molar-refractivity contribution is 9.10. The van der Waals surface area contributed by atoms with Gasteiger partial charge in [-0.05, 0) is 42.2 Å². The lowest BCUT2D eigenvalue weighted by Crippen LogP contribution is -2.36. The Morgan fingerprint density at radius 2 is 2.47 bits per heavy atom. The van der Waals surface area contributed by atoms with Crippen LogP contribution in [0.1, 0.15) is 31.0 Å². The molecule has 0 aromatic carbocycles. The molecule has 1 aliphatic heterocycles. The van der Waals surface area contributed by atoms with E-state index in [1.165, 1.54) is 6.42 Å². The van der Waals surface area contributed by atoms with Gasteiger partial charge in [0.1, 0.15) is 0 Å². The maximum Gasteiger partial charge on any atom is 0.0785 e. The predicted molar refractivity (Wildman–Crippen MR) is 77.2 cm³/mol. The largest absolute Gasteiger partial charge is 0.383 e. The molecule has 19 heavy (non-hydrogen) atoms. The number of nitrogens with zero attached hydrogens (tertiary/aromatic N) is 2. The first kappa shape index (κ1) is 15.0. The molecule has 0 amide bonds. The molecule has 0 radical (unpaired) electrons. The fourth-order valence-electron chi connectivity index (χ4n) is 2.56. The highest BCUT2D eigenvalue weighted by atomic mass is 79.9. The summed E-state index contributed by atoms with van der Waals surface area (Å²) in [6.07, 6.45) is 5.54. The Kier molecular flexibility index (Phi) is 5.81. The van der Waals surface area contributed by atoms with E-state index in [1.54, 1.807) is 7.11 Å². The molecule has 2 heterocycles. The van der Waals surface area contributed by atoms with Crippen LogP contribution in [-0.4, -0.2) is 43.3 Å². The quantitative estimate of drug-likeness (QED) is 0.867. The fourth-order valence-corrected chi connectivity index (χ4v) is 3.11. The van der Waals surface area contributed by atoms with Crippen molar-refractivity contribution in [3.63, 3.8) is 0 Å². The second-order valence-corrected chi connectivity index (χ2v) is 5.62. The number of methoxy groups -OCH3 is 1. The monoisotopic (exact) mass is 331 g/mol. The third kappa shape index (κ3) is 3.56. The van der Waals surface area contributed by atoms with Crippen molar-refractivity contribution < 1.29 is 9.47 Å². The summed E-state index contributed by atoms with van der Waals surface area (Å²) in [6.45, 7) is 2.26. The minimum Gasteiger partial charge on any atom is -0.383 e. The molecule has 2 unspecified atom stereocenters. The second-order valence-electron chi connectivity index (χ2n) is 4.77. The summed E-state index contributed by atoms with van der Waals surface area (Å²) in [5, 5.41) is 7.79. The van der Waals surface area contributed by atoms with Crippen molar-refractivity contribution in [3.05, 3.63) is 16.4 Å². The average molecular weight is 332 g/mol. The fraction of sp³-hybridized carbons (Fsp3) is 0.769. The second kappa shape index (κ2) is 7.38. The molecular formula is C13H22BrN3O2. The van der Waals surface area contributed by atoms with Crippen LogP contribution in [-0.2, 0) is 16.0 Å². The van der Waals surface area contributed by atoms with E-state index in [4.69, 9.17) is 9.47 Å². The zero-order chi connectivity index (χ0) is 13.7. The lowest BCUT2D eigenvalue weighted by Gasteiger charge is -2.31. The van der Waals surface area contributed by atoms with Crippen LogP contribution < -0.4 is 5.32 Å². The molecule has 1 aromatic rings. The van der Waals surface area contributed by atoms with Crippen molar-refractivity contribution in [2.45, 2.75) is 38.0 Å². The smallest absolute Gasteiger partial charge is 0.0785 e. The van der Waals surface area contributed by atoms with Crippen LogP contribution in [0.3, 0.4) is 0 Å². The number of halogens is 1. The van der Waals surface area contributed by atoms with E-state index >= 15 is 0 Å². The molecule has 2 rings (SSSR count). The molecule has 1 aromatic heterocycles. The van der Waals surface area contributed by atoms with Gasteiger partial charge in [-0.25, -0.2) is 0 Å². The molecule has 0 bridgehead atoms. The molecular weight excluding hydrogens is 310 g/mol. The van der Waals surface area contributed by atoms with Gasteiger partial charge in [0.05, 0.1) is 41.7 Å².